The number of rotatable bonds is 5. The monoisotopic (exact) mass is 414 g/mol. The molecular weight excluding hydrogens is 388 g/mol. The molecule has 0 saturated carbocycles. The maximum absolute atomic E-state index is 12.9. The van der Waals surface area contributed by atoms with Crippen molar-refractivity contribution in [1.82, 2.24) is 25.2 Å². The molecule has 1 atom stereocenters. The van der Waals surface area contributed by atoms with Crippen LogP contribution < -0.4 is 11.1 Å². The van der Waals surface area contributed by atoms with Crippen LogP contribution in [0.1, 0.15) is 27.4 Å². The first-order valence-electron chi connectivity index (χ1n) is 9.64. The van der Waals surface area contributed by atoms with E-state index in [0.29, 0.717) is 30.1 Å². The van der Waals surface area contributed by atoms with Gasteiger partial charge in [-0.2, -0.15) is 0 Å². The molecule has 0 aliphatic carbocycles. The number of nitrogen functional groups attached to an aromatic ring is 1. The summed E-state index contributed by atoms with van der Waals surface area (Å²) >= 11 is 0. The Balaban J connectivity index is 1.66. The largest absolute Gasteiger partial charge is 0.384 e. The first-order chi connectivity index (χ1) is 14.3. The number of hydrogen-bond acceptors (Lipinski definition) is 8. The Kier molecular flexibility index (Phi) is 6.58. The van der Waals surface area contributed by atoms with Gasteiger partial charge in [0.25, 0.3) is 5.91 Å². The third kappa shape index (κ3) is 5.28. The SMILES string of the molecule is Cc1nc(N)nc(C)c1CC(=O)N1CCOCC(O)(CNC(=O)c2ccccn2)C1. The third-order valence-electron chi connectivity index (χ3n) is 4.96. The molecule has 3 heterocycles. The van der Waals surface area contributed by atoms with E-state index in [4.69, 9.17) is 10.5 Å². The highest BCUT2D eigenvalue weighted by molar-refractivity contribution is 5.92. The summed E-state index contributed by atoms with van der Waals surface area (Å²) in [6.45, 7) is 4.15. The van der Waals surface area contributed by atoms with Gasteiger partial charge in [-0.3, -0.25) is 14.6 Å². The number of nitrogens with one attached hydrogen (secondary N) is 1. The molecule has 0 radical (unpaired) electrons. The van der Waals surface area contributed by atoms with E-state index in [-0.39, 0.29) is 43.7 Å². The van der Waals surface area contributed by atoms with Crippen LogP contribution in [0.3, 0.4) is 0 Å². The maximum Gasteiger partial charge on any atom is 0.269 e. The van der Waals surface area contributed by atoms with Gasteiger partial charge in [0.15, 0.2) is 0 Å². The summed E-state index contributed by atoms with van der Waals surface area (Å²) < 4.78 is 5.49. The van der Waals surface area contributed by atoms with Crippen LogP contribution in [-0.4, -0.2) is 75.2 Å². The van der Waals surface area contributed by atoms with Gasteiger partial charge < -0.3 is 25.8 Å². The molecule has 0 bridgehead atoms. The fourth-order valence-corrected chi connectivity index (χ4v) is 3.35. The molecule has 2 amide bonds. The number of anilines is 1. The number of nitrogens with two attached hydrogens (primary N) is 1. The van der Waals surface area contributed by atoms with Gasteiger partial charge >= 0.3 is 0 Å². The van der Waals surface area contributed by atoms with Crippen LogP contribution in [0.25, 0.3) is 0 Å². The molecule has 10 nitrogen and oxygen atoms in total. The van der Waals surface area contributed by atoms with Gasteiger partial charge in [0.1, 0.15) is 11.3 Å². The first kappa shape index (κ1) is 21.6. The van der Waals surface area contributed by atoms with Crippen molar-refractivity contribution in [3.63, 3.8) is 0 Å². The lowest BCUT2D eigenvalue weighted by atomic mass is 10.0. The van der Waals surface area contributed by atoms with Crippen molar-refractivity contribution >= 4 is 17.8 Å². The van der Waals surface area contributed by atoms with E-state index < -0.39 is 11.5 Å². The van der Waals surface area contributed by atoms with E-state index in [1.807, 2.05) is 0 Å². The highest BCUT2D eigenvalue weighted by atomic mass is 16.5. The molecule has 1 aliphatic rings. The van der Waals surface area contributed by atoms with Crippen LogP contribution in [0.5, 0.6) is 0 Å². The summed E-state index contributed by atoms with van der Waals surface area (Å²) in [6.07, 6.45) is 1.61. The molecule has 4 N–H and O–H groups in total. The predicted molar refractivity (Wildman–Crippen MR) is 109 cm³/mol. The van der Waals surface area contributed by atoms with E-state index in [1.54, 1.807) is 32.0 Å². The molecule has 10 heteroatoms. The molecule has 0 aromatic carbocycles. The van der Waals surface area contributed by atoms with Crippen molar-refractivity contribution in [2.24, 2.45) is 0 Å². The van der Waals surface area contributed by atoms with Gasteiger partial charge in [0, 0.05) is 29.7 Å². The normalized spacial score (nSPS) is 19.2. The zero-order valence-electron chi connectivity index (χ0n) is 17.1. The van der Waals surface area contributed by atoms with Gasteiger partial charge in [-0.25, -0.2) is 9.97 Å². The Morgan fingerprint density at radius 3 is 2.70 bits per heavy atom. The molecule has 0 spiro atoms. The highest BCUT2D eigenvalue weighted by Gasteiger charge is 2.35. The number of pyridine rings is 1. The lowest BCUT2D eigenvalue weighted by Crippen LogP contribution is -2.53. The number of ether oxygens (including phenoxy) is 1. The number of aryl methyl sites for hydroxylation is 2. The summed E-state index contributed by atoms with van der Waals surface area (Å²) in [6, 6.07) is 5.00. The van der Waals surface area contributed by atoms with Gasteiger partial charge in [-0.05, 0) is 26.0 Å². The Morgan fingerprint density at radius 1 is 1.30 bits per heavy atom. The van der Waals surface area contributed by atoms with Gasteiger partial charge in [-0.15, -0.1) is 0 Å². The summed E-state index contributed by atoms with van der Waals surface area (Å²) in [4.78, 5) is 39.0. The van der Waals surface area contributed by atoms with Crippen molar-refractivity contribution in [2.75, 3.05) is 38.6 Å². The number of hydrogen-bond donors (Lipinski definition) is 3. The summed E-state index contributed by atoms with van der Waals surface area (Å²) in [5.41, 5.74) is 6.50. The smallest absolute Gasteiger partial charge is 0.269 e. The minimum atomic E-state index is -1.42. The maximum atomic E-state index is 12.9. The second kappa shape index (κ2) is 9.14. The van der Waals surface area contributed by atoms with Crippen molar-refractivity contribution < 1.29 is 19.4 Å². The number of aliphatic hydroxyl groups is 1. The minimum Gasteiger partial charge on any atom is -0.384 e. The molecule has 1 fully saturated rings. The van der Waals surface area contributed by atoms with Gasteiger partial charge in [0.05, 0.1) is 32.7 Å². The standard InChI is InChI=1S/C20H26N6O4/c1-13-15(14(2)25-19(21)24-13)9-17(27)26-7-8-30-12-20(29,11-26)10-23-18(28)16-5-3-4-6-22-16/h3-6,29H,7-12H2,1-2H3,(H,23,28)(H2,21,24,25). The summed E-state index contributed by atoms with van der Waals surface area (Å²) in [5.74, 6) is -0.423. The van der Waals surface area contributed by atoms with Gasteiger partial charge in [0.2, 0.25) is 11.9 Å². The molecule has 2 aromatic heterocycles. The molecule has 30 heavy (non-hydrogen) atoms. The van der Waals surface area contributed by atoms with Crippen molar-refractivity contribution in [2.45, 2.75) is 25.9 Å². The molecule has 3 rings (SSSR count). The lowest BCUT2D eigenvalue weighted by molar-refractivity contribution is -0.133. The number of carbonyl (C=O) groups is 2. The van der Waals surface area contributed by atoms with Crippen LogP contribution in [0.15, 0.2) is 24.4 Å². The second-order valence-corrected chi connectivity index (χ2v) is 7.40. The minimum absolute atomic E-state index is 0.00230. The van der Waals surface area contributed by atoms with Crippen LogP contribution in [-0.2, 0) is 16.0 Å². The van der Waals surface area contributed by atoms with E-state index >= 15 is 0 Å². The fourth-order valence-electron chi connectivity index (χ4n) is 3.35. The van der Waals surface area contributed by atoms with Crippen LogP contribution in [0.4, 0.5) is 5.95 Å². The van der Waals surface area contributed by atoms with E-state index in [0.717, 1.165) is 0 Å². The third-order valence-corrected chi connectivity index (χ3v) is 4.96. The first-order valence-corrected chi connectivity index (χ1v) is 9.64. The molecular formula is C20H26N6O4. The van der Waals surface area contributed by atoms with Crippen LogP contribution in [0, 0.1) is 13.8 Å². The number of carbonyl (C=O) groups excluding carboxylic acids is 2. The zero-order valence-corrected chi connectivity index (χ0v) is 17.1. The second-order valence-electron chi connectivity index (χ2n) is 7.40. The zero-order chi connectivity index (χ0) is 21.7. The Hall–Kier alpha value is -3.11. The van der Waals surface area contributed by atoms with E-state index in [1.165, 1.54) is 11.1 Å². The lowest BCUT2D eigenvalue weighted by Gasteiger charge is -2.31. The Morgan fingerprint density at radius 2 is 2.03 bits per heavy atom. The molecule has 1 aliphatic heterocycles. The predicted octanol–water partition coefficient (Wildman–Crippen LogP) is -0.367. The molecule has 2 aromatic rings. The Bertz CT molecular complexity index is 900. The van der Waals surface area contributed by atoms with E-state index in [2.05, 4.69) is 20.3 Å². The van der Waals surface area contributed by atoms with Crippen molar-refractivity contribution in [1.29, 1.82) is 0 Å². The van der Waals surface area contributed by atoms with Crippen molar-refractivity contribution in [3.8, 4) is 0 Å². The number of nitrogens with zero attached hydrogens (tertiary/aromatic N) is 4. The molecule has 160 valence electrons. The van der Waals surface area contributed by atoms with Crippen LogP contribution >= 0.6 is 0 Å². The number of β-amino-alcohol motifs (C(OH)–C–C–N with tert-alkyl or cyclic N) is 1. The van der Waals surface area contributed by atoms with Gasteiger partial charge in [-0.1, -0.05) is 6.07 Å². The molecule has 1 unspecified atom stereocenters. The summed E-state index contributed by atoms with van der Waals surface area (Å²) in [5, 5.41) is 13.7. The number of aromatic nitrogens is 3. The topological polar surface area (TPSA) is 144 Å². The average Bonchev–Trinajstić information content (AvgIpc) is 2.91. The summed E-state index contributed by atoms with van der Waals surface area (Å²) in [7, 11) is 0. The number of amides is 2. The van der Waals surface area contributed by atoms with Crippen molar-refractivity contribution in [3.05, 3.63) is 47.0 Å². The quantitative estimate of drug-likeness (QED) is 0.601. The average molecular weight is 414 g/mol. The van der Waals surface area contributed by atoms with E-state index in [9.17, 15) is 14.7 Å². The molecule has 1 saturated heterocycles. The highest BCUT2D eigenvalue weighted by Crippen LogP contribution is 2.17. The fraction of sp³-hybridized carbons (Fsp3) is 0.450. The Labute approximate surface area is 174 Å². The van der Waals surface area contributed by atoms with Crippen LogP contribution in [0.2, 0.25) is 0 Å².